The number of aliphatic hydroxyl groups is 1. The lowest BCUT2D eigenvalue weighted by Gasteiger charge is -2.35. The van der Waals surface area contributed by atoms with Gasteiger partial charge in [-0.1, -0.05) is 13.8 Å². The predicted octanol–water partition coefficient (Wildman–Crippen LogP) is 2.06. The SMILES string of the molecule is CON(C)C(C)(C)CC(O)CC(C)C. The van der Waals surface area contributed by atoms with Crippen LogP contribution in [0, 0.1) is 5.92 Å². The average Bonchev–Trinajstić information content (AvgIpc) is 1.99. The number of hydrogen-bond acceptors (Lipinski definition) is 3. The molecule has 1 N–H and O–H groups in total. The number of hydroxylamine groups is 2. The van der Waals surface area contributed by atoms with Gasteiger partial charge in [0.2, 0.25) is 0 Å². The van der Waals surface area contributed by atoms with Crippen LogP contribution in [0.3, 0.4) is 0 Å². The molecule has 0 bridgehead atoms. The van der Waals surface area contributed by atoms with Gasteiger partial charge in [0.1, 0.15) is 0 Å². The molecule has 0 aromatic carbocycles. The van der Waals surface area contributed by atoms with Gasteiger partial charge in [-0.2, -0.15) is 5.06 Å². The van der Waals surface area contributed by atoms with Gasteiger partial charge in [0, 0.05) is 12.6 Å². The molecule has 3 nitrogen and oxygen atoms in total. The maximum atomic E-state index is 9.82. The minimum absolute atomic E-state index is 0.122. The van der Waals surface area contributed by atoms with E-state index in [2.05, 4.69) is 27.7 Å². The van der Waals surface area contributed by atoms with Crippen LogP contribution < -0.4 is 0 Å². The van der Waals surface area contributed by atoms with Gasteiger partial charge in [-0.3, -0.25) is 0 Å². The lowest BCUT2D eigenvalue weighted by Crippen LogP contribution is -2.43. The highest BCUT2D eigenvalue weighted by atomic mass is 16.7. The Labute approximate surface area is 88.0 Å². The quantitative estimate of drug-likeness (QED) is 0.671. The van der Waals surface area contributed by atoms with Crippen molar-refractivity contribution in [3.8, 4) is 0 Å². The van der Waals surface area contributed by atoms with E-state index >= 15 is 0 Å². The fourth-order valence-corrected chi connectivity index (χ4v) is 1.58. The van der Waals surface area contributed by atoms with E-state index < -0.39 is 0 Å². The van der Waals surface area contributed by atoms with Crippen molar-refractivity contribution >= 4 is 0 Å². The molecule has 3 heteroatoms. The summed E-state index contributed by atoms with van der Waals surface area (Å²) in [6, 6.07) is 0. The first kappa shape index (κ1) is 13.9. The molecule has 0 saturated heterocycles. The normalized spacial score (nSPS) is 15.2. The Balaban J connectivity index is 4.07. The van der Waals surface area contributed by atoms with Gasteiger partial charge in [0.05, 0.1) is 13.2 Å². The van der Waals surface area contributed by atoms with Crippen molar-refractivity contribution < 1.29 is 9.94 Å². The van der Waals surface area contributed by atoms with Crippen LogP contribution in [-0.2, 0) is 4.84 Å². The maximum absolute atomic E-state index is 9.82. The first-order valence-corrected chi connectivity index (χ1v) is 5.25. The predicted molar refractivity (Wildman–Crippen MR) is 58.9 cm³/mol. The minimum atomic E-state index is -0.248. The second-order valence-electron chi connectivity index (χ2n) is 4.98. The van der Waals surface area contributed by atoms with Crippen molar-refractivity contribution in [2.24, 2.45) is 5.92 Å². The second kappa shape index (κ2) is 5.69. The van der Waals surface area contributed by atoms with Crippen LogP contribution in [0.1, 0.15) is 40.5 Å². The van der Waals surface area contributed by atoms with Gasteiger partial charge in [0.15, 0.2) is 0 Å². The molecule has 0 heterocycles. The zero-order valence-corrected chi connectivity index (χ0v) is 10.4. The summed E-state index contributed by atoms with van der Waals surface area (Å²) in [5.41, 5.74) is -0.122. The molecule has 0 aromatic rings. The third-order valence-electron chi connectivity index (χ3n) is 2.60. The van der Waals surface area contributed by atoms with Crippen LogP contribution >= 0.6 is 0 Å². The molecule has 1 unspecified atom stereocenters. The molecule has 1 atom stereocenters. The van der Waals surface area contributed by atoms with E-state index in [1.54, 1.807) is 12.2 Å². The minimum Gasteiger partial charge on any atom is -0.393 e. The summed E-state index contributed by atoms with van der Waals surface area (Å²) in [4.78, 5) is 5.14. The van der Waals surface area contributed by atoms with Crippen molar-refractivity contribution in [3.63, 3.8) is 0 Å². The topological polar surface area (TPSA) is 32.7 Å². The van der Waals surface area contributed by atoms with Gasteiger partial charge in [0.25, 0.3) is 0 Å². The summed E-state index contributed by atoms with van der Waals surface area (Å²) in [5.74, 6) is 0.536. The Kier molecular flexibility index (Phi) is 5.64. The fraction of sp³-hybridized carbons (Fsp3) is 1.00. The summed E-state index contributed by atoms with van der Waals surface area (Å²) in [7, 11) is 3.54. The molecule has 86 valence electrons. The monoisotopic (exact) mass is 203 g/mol. The average molecular weight is 203 g/mol. The Morgan fingerprint density at radius 2 is 1.86 bits per heavy atom. The van der Waals surface area contributed by atoms with Crippen molar-refractivity contribution in [3.05, 3.63) is 0 Å². The van der Waals surface area contributed by atoms with E-state index in [9.17, 15) is 5.11 Å². The van der Waals surface area contributed by atoms with Crippen LogP contribution in [0.25, 0.3) is 0 Å². The molecule has 0 amide bonds. The van der Waals surface area contributed by atoms with Crippen molar-refractivity contribution in [2.45, 2.75) is 52.2 Å². The van der Waals surface area contributed by atoms with E-state index in [4.69, 9.17) is 4.84 Å². The first-order chi connectivity index (χ1) is 6.29. The van der Waals surface area contributed by atoms with Gasteiger partial charge in [-0.15, -0.1) is 0 Å². The van der Waals surface area contributed by atoms with Crippen molar-refractivity contribution in [2.75, 3.05) is 14.2 Å². The third-order valence-corrected chi connectivity index (χ3v) is 2.60. The second-order valence-corrected chi connectivity index (χ2v) is 4.98. The number of rotatable bonds is 6. The van der Waals surface area contributed by atoms with Gasteiger partial charge < -0.3 is 9.94 Å². The van der Waals surface area contributed by atoms with Crippen LogP contribution in [0.5, 0.6) is 0 Å². The summed E-state index contributed by atoms with van der Waals surface area (Å²) in [6.45, 7) is 8.38. The van der Waals surface area contributed by atoms with Gasteiger partial charge in [-0.05, 0) is 32.6 Å². The smallest absolute Gasteiger partial charge is 0.0575 e. The van der Waals surface area contributed by atoms with Crippen LogP contribution in [0.15, 0.2) is 0 Å². The summed E-state index contributed by atoms with van der Waals surface area (Å²) in [5, 5.41) is 11.6. The molecule has 0 aliphatic rings. The highest BCUT2D eigenvalue weighted by Crippen LogP contribution is 2.21. The standard InChI is InChI=1S/C11H25NO2/c1-9(2)7-10(13)8-11(3,4)12(5)14-6/h9-10,13H,7-8H2,1-6H3. The molecule has 0 radical (unpaired) electrons. The molecule has 0 spiro atoms. The summed E-state index contributed by atoms with van der Waals surface area (Å²) < 4.78 is 0. The number of aliphatic hydroxyl groups excluding tert-OH is 1. The molecule has 0 fully saturated rings. The van der Waals surface area contributed by atoms with E-state index in [-0.39, 0.29) is 11.6 Å². The van der Waals surface area contributed by atoms with Gasteiger partial charge in [-0.25, -0.2) is 0 Å². The number of hydrogen-bond donors (Lipinski definition) is 1. The lowest BCUT2D eigenvalue weighted by atomic mass is 9.92. The highest BCUT2D eigenvalue weighted by Gasteiger charge is 2.27. The van der Waals surface area contributed by atoms with E-state index in [1.807, 2.05) is 7.05 Å². The summed E-state index contributed by atoms with van der Waals surface area (Å²) in [6.07, 6.45) is 1.33. The van der Waals surface area contributed by atoms with Crippen LogP contribution in [0.2, 0.25) is 0 Å². The fourth-order valence-electron chi connectivity index (χ4n) is 1.58. The molecular formula is C11H25NO2. The molecule has 0 saturated carbocycles. The van der Waals surface area contributed by atoms with Crippen molar-refractivity contribution in [1.82, 2.24) is 5.06 Å². The molecule has 14 heavy (non-hydrogen) atoms. The number of nitrogens with zero attached hydrogens (tertiary/aromatic N) is 1. The third kappa shape index (κ3) is 4.94. The van der Waals surface area contributed by atoms with E-state index in [0.717, 1.165) is 12.8 Å². The van der Waals surface area contributed by atoms with E-state index in [1.165, 1.54) is 0 Å². The first-order valence-electron chi connectivity index (χ1n) is 5.25. The van der Waals surface area contributed by atoms with Crippen LogP contribution in [0.4, 0.5) is 0 Å². The molecule has 0 aromatic heterocycles. The van der Waals surface area contributed by atoms with Gasteiger partial charge >= 0.3 is 0 Å². The Morgan fingerprint density at radius 3 is 2.21 bits per heavy atom. The van der Waals surface area contributed by atoms with E-state index in [0.29, 0.717) is 5.92 Å². The molecule has 0 aliphatic carbocycles. The molecular weight excluding hydrogens is 178 g/mol. The molecule has 0 aliphatic heterocycles. The maximum Gasteiger partial charge on any atom is 0.0575 e. The largest absolute Gasteiger partial charge is 0.393 e. The Morgan fingerprint density at radius 1 is 1.36 bits per heavy atom. The zero-order valence-electron chi connectivity index (χ0n) is 10.4. The van der Waals surface area contributed by atoms with Crippen molar-refractivity contribution in [1.29, 1.82) is 0 Å². The Bertz CT molecular complexity index is 157. The zero-order chi connectivity index (χ0) is 11.4. The lowest BCUT2D eigenvalue weighted by molar-refractivity contribution is -0.181. The summed E-state index contributed by atoms with van der Waals surface area (Å²) >= 11 is 0. The molecule has 0 rings (SSSR count). The Hall–Kier alpha value is -0.120. The highest BCUT2D eigenvalue weighted by molar-refractivity contribution is 4.79. The van der Waals surface area contributed by atoms with Crippen LogP contribution in [-0.4, -0.2) is 36.0 Å².